The number of aliphatic hydroxyl groups is 1. The van der Waals surface area contributed by atoms with Crippen LogP contribution in [0.3, 0.4) is 0 Å². The number of hydrogen-bond donors (Lipinski definition) is 2. The number of carboxylic acids is 1. The fraction of sp³-hybridized carbons (Fsp3) is 0.500. The quantitative estimate of drug-likeness (QED) is 0.614. The molecule has 0 aromatic carbocycles. The van der Waals surface area contributed by atoms with E-state index >= 15 is 0 Å². The third-order valence-corrected chi connectivity index (χ3v) is 3.60. The molecule has 1 fully saturated rings. The van der Waals surface area contributed by atoms with Crippen molar-refractivity contribution < 1.29 is 19.8 Å². The van der Waals surface area contributed by atoms with Crippen LogP contribution in [0.15, 0.2) is 11.3 Å². The highest BCUT2D eigenvalue weighted by Crippen LogP contribution is 2.39. The summed E-state index contributed by atoms with van der Waals surface area (Å²) < 4.78 is 0. The first-order chi connectivity index (χ1) is 6.65. The van der Waals surface area contributed by atoms with E-state index in [1.54, 1.807) is 0 Å². The molecule has 2 rings (SSSR count). The Hall–Kier alpha value is -1.01. The second kappa shape index (κ2) is 3.29. The van der Waals surface area contributed by atoms with Crippen molar-refractivity contribution in [1.29, 1.82) is 0 Å². The van der Waals surface area contributed by atoms with Crippen molar-refractivity contribution in [2.45, 2.75) is 11.8 Å². The highest BCUT2D eigenvalue weighted by Gasteiger charge is 2.44. The van der Waals surface area contributed by atoms with Crippen LogP contribution >= 0.6 is 11.8 Å². The molecule has 1 unspecified atom stereocenters. The number of nitrogens with zero attached hydrogens (tertiary/aromatic N) is 1. The Bertz CT molecular complexity index is 338. The second-order valence-corrected chi connectivity index (χ2v) is 4.32. The minimum absolute atomic E-state index is 0.0208. The number of rotatable bonds is 2. The van der Waals surface area contributed by atoms with Gasteiger partial charge in [0.1, 0.15) is 5.70 Å². The molecule has 2 heterocycles. The molecule has 1 saturated heterocycles. The summed E-state index contributed by atoms with van der Waals surface area (Å²) in [5, 5.41) is 17.8. The maximum Gasteiger partial charge on any atom is 0.352 e. The number of fused-ring (bicyclic) bond motifs is 1. The Balaban J connectivity index is 2.37. The van der Waals surface area contributed by atoms with Crippen LogP contribution < -0.4 is 0 Å². The zero-order chi connectivity index (χ0) is 10.3. The number of thioether (sulfide) groups is 1. The monoisotopic (exact) mass is 215 g/mol. The highest BCUT2D eigenvalue weighted by atomic mass is 32.2. The molecule has 2 N–H and O–H groups in total. The average Bonchev–Trinajstić information content (AvgIpc) is 2.15. The van der Waals surface area contributed by atoms with Crippen molar-refractivity contribution >= 4 is 23.6 Å². The van der Waals surface area contributed by atoms with Gasteiger partial charge in [-0.3, -0.25) is 9.69 Å². The predicted molar refractivity (Wildman–Crippen MR) is 49.5 cm³/mol. The van der Waals surface area contributed by atoms with E-state index in [1.807, 2.05) is 0 Å². The first kappa shape index (κ1) is 9.54. The first-order valence-electron chi connectivity index (χ1n) is 4.15. The number of β-lactam (4-membered cyclic amide) rings is 1. The van der Waals surface area contributed by atoms with Crippen molar-refractivity contribution in [3.05, 3.63) is 11.3 Å². The minimum Gasteiger partial charge on any atom is -0.477 e. The van der Waals surface area contributed by atoms with Gasteiger partial charge in [0.2, 0.25) is 5.91 Å². The van der Waals surface area contributed by atoms with Gasteiger partial charge in [-0.05, 0) is 5.57 Å². The molecule has 0 aromatic rings. The van der Waals surface area contributed by atoms with Crippen LogP contribution in [0, 0.1) is 0 Å². The fourth-order valence-electron chi connectivity index (χ4n) is 1.60. The molecule has 5 nitrogen and oxygen atoms in total. The summed E-state index contributed by atoms with van der Waals surface area (Å²) in [5.74, 6) is -0.815. The van der Waals surface area contributed by atoms with Gasteiger partial charge in [0, 0.05) is 5.75 Å². The predicted octanol–water partition coefficient (Wildman–Crippen LogP) is -0.377. The first-order valence-corrected chi connectivity index (χ1v) is 5.20. The summed E-state index contributed by atoms with van der Waals surface area (Å²) in [6.45, 7) is -0.300. The number of carbonyl (C=O) groups excluding carboxylic acids is 1. The van der Waals surface area contributed by atoms with Gasteiger partial charge in [-0.2, -0.15) is 0 Å². The lowest BCUT2D eigenvalue weighted by molar-refractivity contribution is -0.146. The molecular weight excluding hydrogens is 206 g/mol. The van der Waals surface area contributed by atoms with E-state index in [0.717, 1.165) is 0 Å². The molecule has 6 heteroatoms. The maximum absolute atomic E-state index is 11.2. The number of carbonyl (C=O) groups is 2. The standard InChI is InChI=1S/C8H9NO4S/c10-2-4-3-14-6-1-5(11)9(6)7(4)8(12)13/h6,10H,1-3H2,(H,12,13). The zero-order valence-electron chi connectivity index (χ0n) is 7.27. The van der Waals surface area contributed by atoms with Crippen molar-refractivity contribution in [2.24, 2.45) is 0 Å². The van der Waals surface area contributed by atoms with E-state index in [0.29, 0.717) is 17.7 Å². The van der Waals surface area contributed by atoms with Gasteiger partial charge >= 0.3 is 5.97 Å². The van der Waals surface area contributed by atoms with Crippen LogP contribution in [-0.4, -0.2) is 44.7 Å². The molecule has 1 atom stereocenters. The summed E-state index contributed by atoms with van der Waals surface area (Å²) in [6, 6.07) is 0. The summed E-state index contributed by atoms with van der Waals surface area (Å²) in [4.78, 5) is 23.3. The van der Waals surface area contributed by atoms with Crippen LogP contribution in [0.5, 0.6) is 0 Å². The van der Waals surface area contributed by atoms with E-state index in [4.69, 9.17) is 10.2 Å². The van der Waals surface area contributed by atoms with Gasteiger partial charge in [-0.1, -0.05) is 0 Å². The van der Waals surface area contributed by atoms with Gasteiger partial charge in [-0.25, -0.2) is 4.79 Å². The fourth-order valence-corrected chi connectivity index (χ4v) is 2.85. The number of aliphatic hydroxyl groups excluding tert-OH is 1. The van der Waals surface area contributed by atoms with Crippen molar-refractivity contribution in [3.8, 4) is 0 Å². The molecule has 76 valence electrons. The summed E-state index contributed by atoms with van der Waals surface area (Å²) in [5.41, 5.74) is 0.402. The van der Waals surface area contributed by atoms with Gasteiger partial charge in [-0.15, -0.1) is 11.8 Å². The van der Waals surface area contributed by atoms with Crippen LogP contribution in [0.4, 0.5) is 0 Å². The molecule has 0 saturated carbocycles. The van der Waals surface area contributed by atoms with Gasteiger partial charge in [0.15, 0.2) is 0 Å². The van der Waals surface area contributed by atoms with Crippen molar-refractivity contribution in [2.75, 3.05) is 12.4 Å². The summed E-state index contributed by atoms with van der Waals surface area (Å²) in [7, 11) is 0. The molecule has 2 aliphatic rings. The number of amides is 1. The van der Waals surface area contributed by atoms with Crippen LogP contribution in [0.1, 0.15) is 6.42 Å². The third kappa shape index (κ3) is 1.22. The Labute approximate surface area is 84.4 Å². The molecule has 1 amide bonds. The largest absolute Gasteiger partial charge is 0.477 e. The van der Waals surface area contributed by atoms with E-state index < -0.39 is 5.97 Å². The van der Waals surface area contributed by atoms with E-state index in [2.05, 4.69) is 0 Å². The molecule has 0 radical (unpaired) electrons. The smallest absolute Gasteiger partial charge is 0.352 e. The molecule has 0 spiro atoms. The van der Waals surface area contributed by atoms with Crippen LogP contribution in [0.25, 0.3) is 0 Å². The van der Waals surface area contributed by atoms with E-state index in [-0.39, 0.29) is 23.6 Å². The SMILES string of the molecule is O=C(O)C1=C(CO)CSC2CC(=O)N12. The summed E-state index contributed by atoms with van der Waals surface area (Å²) >= 11 is 1.49. The highest BCUT2D eigenvalue weighted by molar-refractivity contribution is 8.00. The van der Waals surface area contributed by atoms with Crippen LogP contribution in [0.2, 0.25) is 0 Å². The molecule has 0 aromatic heterocycles. The maximum atomic E-state index is 11.2. The van der Waals surface area contributed by atoms with Gasteiger partial charge in [0.05, 0.1) is 18.4 Å². The lowest BCUT2D eigenvalue weighted by atomic mass is 10.1. The molecule has 0 bridgehead atoms. The molecule has 14 heavy (non-hydrogen) atoms. The Morgan fingerprint density at radius 3 is 2.86 bits per heavy atom. The van der Waals surface area contributed by atoms with Crippen LogP contribution in [-0.2, 0) is 9.59 Å². The average molecular weight is 215 g/mol. The Morgan fingerprint density at radius 1 is 1.64 bits per heavy atom. The zero-order valence-corrected chi connectivity index (χ0v) is 8.08. The topological polar surface area (TPSA) is 77.8 Å². The third-order valence-electron chi connectivity index (χ3n) is 2.33. The number of carboxylic acid groups (broad SMARTS) is 1. The molecular formula is C8H9NO4S. The van der Waals surface area contributed by atoms with E-state index in [1.165, 1.54) is 16.7 Å². The van der Waals surface area contributed by atoms with Gasteiger partial charge in [0.25, 0.3) is 0 Å². The van der Waals surface area contributed by atoms with Crippen molar-refractivity contribution in [1.82, 2.24) is 4.90 Å². The second-order valence-electron chi connectivity index (χ2n) is 3.15. The lowest BCUT2D eigenvalue weighted by Crippen LogP contribution is -2.54. The lowest BCUT2D eigenvalue weighted by Gasteiger charge is -2.43. The summed E-state index contributed by atoms with van der Waals surface area (Å²) in [6.07, 6.45) is 0.403. The van der Waals surface area contributed by atoms with Crippen molar-refractivity contribution in [3.63, 3.8) is 0 Å². The number of aliphatic carboxylic acids is 1. The molecule has 0 aliphatic carbocycles. The normalized spacial score (nSPS) is 25.9. The minimum atomic E-state index is -1.13. The Morgan fingerprint density at radius 2 is 2.36 bits per heavy atom. The van der Waals surface area contributed by atoms with Gasteiger partial charge < -0.3 is 10.2 Å². The number of hydrogen-bond acceptors (Lipinski definition) is 4. The molecule has 2 aliphatic heterocycles. The Kier molecular flexibility index (Phi) is 2.24. The van der Waals surface area contributed by atoms with E-state index in [9.17, 15) is 9.59 Å².